The van der Waals surface area contributed by atoms with E-state index in [1.54, 1.807) is 61.5 Å². The second kappa shape index (κ2) is 9.67. The number of ether oxygens (including phenoxy) is 1. The lowest BCUT2D eigenvalue weighted by molar-refractivity contribution is -0.140. The van der Waals surface area contributed by atoms with E-state index >= 15 is 0 Å². The SMILES string of the molecule is C[C@@]1(CC(=O)O)C(CC(C(=O)COc2ccccc2)S(=O)(=O)c2ccccc2)=CC[C@@H]1O. The number of ketones is 1. The lowest BCUT2D eigenvalue weighted by Gasteiger charge is -2.32. The first-order valence-electron chi connectivity index (χ1n) is 10.2. The van der Waals surface area contributed by atoms with Gasteiger partial charge in [0.15, 0.2) is 15.6 Å². The van der Waals surface area contributed by atoms with E-state index in [-0.39, 0.29) is 24.2 Å². The normalized spacial score (nSPS) is 21.6. The van der Waals surface area contributed by atoms with Gasteiger partial charge in [0.2, 0.25) is 0 Å². The molecule has 1 unspecified atom stereocenters. The Balaban J connectivity index is 1.92. The summed E-state index contributed by atoms with van der Waals surface area (Å²) in [7, 11) is -4.09. The first-order valence-corrected chi connectivity index (χ1v) is 11.8. The van der Waals surface area contributed by atoms with Crippen molar-refractivity contribution >= 4 is 21.6 Å². The predicted molar refractivity (Wildman–Crippen MR) is 118 cm³/mol. The van der Waals surface area contributed by atoms with Crippen molar-refractivity contribution in [3.63, 3.8) is 0 Å². The molecule has 32 heavy (non-hydrogen) atoms. The number of aliphatic hydroxyl groups is 1. The van der Waals surface area contributed by atoms with Gasteiger partial charge in [0.1, 0.15) is 17.6 Å². The molecule has 1 aliphatic rings. The lowest BCUT2D eigenvalue weighted by atomic mass is 9.76. The molecule has 0 fully saturated rings. The Morgan fingerprint density at radius 3 is 2.28 bits per heavy atom. The Labute approximate surface area is 187 Å². The molecule has 0 heterocycles. The van der Waals surface area contributed by atoms with Crippen LogP contribution in [0.1, 0.15) is 26.2 Å². The van der Waals surface area contributed by atoms with Crippen LogP contribution in [0.5, 0.6) is 5.75 Å². The van der Waals surface area contributed by atoms with Gasteiger partial charge in [0.25, 0.3) is 0 Å². The van der Waals surface area contributed by atoms with Crippen LogP contribution < -0.4 is 4.74 Å². The van der Waals surface area contributed by atoms with Crippen LogP contribution in [-0.2, 0) is 19.4 Å². The van der Waals surface area contributed by atoms with Crippen LogP contribution in [0.25, 0.3) is 0 Å². The van der Waals surface area contributed by atoms with Gasteiger partial charge in [0.05, 0.1) is 17.4 Å². The number of Topliss-reactive ketones (excluding diaryl/α,β-unsaturated/α-hetero) is 1. The fourth-order valence-corrected chi connectivity index (χ4v) is 5.64. The third-order valence-electron chi connectivity index (χ3n) is 5.91. The van der Waals surface area contributed by atoms with E-state index in [0.29, 0.717) is 11.3 Å². The van der Waals surface area contributed by atoms with E-state index in [1.807, 2.05) is 0 Å². The maximum atomic E-state index is 13.4. The monoisotopic (exact) mass is 458 g/mol. The minimum Gasteiger partial charge on any atom is -0.486 e. The number of hydrogen-bond donors (Lipinski definition) is 2. The Kier molecular flexibility index (Phi) is 7.16. The third kappa shape index (κ3) is 5.08. The number of para-hydroxylation sites is 1. The fourth-order valence-electron chi connectivity index (χ4n) is 3.96. The molecule has 0 radical (unpaired) electrons. The van der Waals surface area contributed by atoms with Crippen molar-refractivity contribution in [2.45, 2.75) is 42.4 Å². The Hall–Kier alpha value is -2.97. The minimum absolute atomic E-state index is 0.00264. The summed E-state index contributed by atoms with van der Waals surface area (Å²) in [6.07, 6.45) is 0.296. The van der Waals surface area contributed by atoms with Crippen molar-refractivity contribution in [2.24, 2.45) is 5.41 Å². The fraction of sp³-hybridized carbons (Fsp3) is 0.333. The van der Waals surface area contributed by atoms with Gasteiger partial charge in [-0.15, -0.1) is 0 Å². The molecule has 0 saturated heterocycles. The van der Waals surface area contributed by atoms with Crippen LogP contribution in [0.15, 0.2) is 77.2 Å². The molecular weight excluding hydrogens is 432 g/mol. The summed E-state index contributed by atoms with van der Waals surface area (Å²) in [5, 5.41) is 18.3. The molecule has 8 heteroatoms. The van der Waals surface area contributed by atoms with E-state index in [4.69, 9.17) is 4.74 Å². The molecule has 3 rings (SSSR count). The zero-order valence-corrected chi connectivity index (χ0v) is 18.5. The number of benzene rings is 2. The molecule has 0 saturated carbocycles. The smallest absolute Gasteiger partial charge is 0.304 e. The minimum atomic E-state index is -4.09. The van der Waals surface area contributed by atoms with Crippen molar-refractivity contribution in [2.75, 3.05) is 6.61 Å². The number of hydrogen-bond acceptors (Lipinski definition) is 6. The molecule has 2 N–H and O–H groups in total. The third-order valence-corrected chi connectivity index (χ3v) is 8.02. The predicted octanol–water partition coefficient (Wildman–Crippen LogP) is 3.04. The first kappa shape index (κ1) is 23.7. The molecule has 2 aromatic carbocycles. The van der Waals surface area contributed by atoms with Gasteiger partial charge < -0.3 is 14.9 Å². The van der Waals surface area contributed by atoms with Gasteiger partial charge in [-0.25, -0.2) is 8.42 Å². The zero-order valence-electron chi connectivity index (χ0n) is 17.7. The molecule has 7 nitrogen and oxygen atoms in total. The van der Waals surface area contributed by atoms with Crippen molar-refractivity contribution in [1.82, 2.24) is 0 Å². The van der Waals surface area contributed by atoms with E-state index < -0.39 is 45.0 Å². The van der Waals surface area contributed by atoms with Crippen molar-refractivity contribution in [3.8, 4) is 5.75 Å². The van der Waals surface area contributed by atoms with Gasteiger partial charge in [-0.2, -0.15) is 0 Å². The highest BCUT2D eigenvalue weighted by Crippen LogP contribution is 2.45. The van der Waals surface area contributed by atoms with Crippen LogP contribution in [-0.4, -0.2) is 48.3 Å². The number of aliphatic carboxylic acids is 1. The van der Waals surface area contributed by atoms with Crippen LogP contribution >= 0.6 is 0 Å². The number of carboxylic acid groups (broad SMARTS) is 1. The highest BCUT2D eigenvalue weighted by molar-refractivity contribution is 7.92. The molecule has 0 spiro atoms. The lowest BCUT2D eigenvalue weighted by Crippen LogP contribution is -2.38. The van der Waals surface area contributed by atoms with Crippen molar-refractivity contribution < 1.29 is 33.0 Å². The maximum Gasteiger partial charge on any atom is 0.304 e. The summed E-state index contributed by atoms with van der Waals surface area (Å²) >= 11 is 0. The van der Waals surface area contributed by atoms with Crippen LogP contribution in [0, 0.1) is 5.41 Å². The molecule has 3 atom stereocenters. The second-order valence-corrected chi connectivity index (χ2v) is 10.2. The van der Waals surface area contributed by atoms with E-state index in [2.05, 4.69) is 0 Å². The molecule has 0 aliphatic heterocycles. The first-order chi connectivity index (χ1) is 15.1. The van der Waals surface area contributed by atoms with Gasteiger partial charge >= 0.3 is 5.97 Å². The second-order valence-electron chi connectivity index (χ2n) is 8.09. The quantitative estimate of drug-likeness (QED) is 0.525. The maximum absolute atomic E-state index is 13.4. The summed E-state index contributed by atoms with van der Waals surface area (Å²) in [6, 6.07) is 16.2. The van der Waals surface area contributed by atoms with E-state index in [9.17, 15) is 28.2 Å². The molecule has 0 amide bonds. The standard InChI is InChI=1S/C24H26O7S/c1-24(15-23(27)28)17(12-13-22(24)26)14-21(32(29,30)19-10-6-3-7-11-19)20(25)16-31-18-8-4-2-5-9-18/h2-12,21-22,26H,13-16H2,1H3,(H,27,28)/t21?,22-,24+/m0/s1. The Morgan fingerprint density at radius 1 is 1.09 bits per heavy atom. The van der Waals surface area contributed by atoms with Gasteiger partial charge in [-0.1, -0.05) is 55.0 Å². The average molecular weight is 459 g/mol. The summed E-state index contributed by atoms with van der Waals surface area (Å²) in [6.45, 7) is 1.13. The van der Waals surface area contributed by atoms with Crippen LogP contribution in [0.3, 0.4) is 0 Å². The molecule has 0 aromatic heterocycles. The van der Waals surface area contributed by atoms with E-state index in [1.165, 1.54) is 12.1 Å². The van der Waals surface area contributed by atoms with Crippen LogP contribution in [0.2, 0.25) is 0 Å². The number of sulfone groups is 1. The van der Waals surface area contributed by atoms with Crippen LogP contribution in [0.4, 0.5) is 0 Å². The average Bonchev–Trinajstić information content (AvgIpc) is 3.04. The number of aliphatic hydroxyl groups excluding tert-OH is 1. The summed E-state index contributed by atoms with van der Waals surface area (Å²) < 4.78 is 32.3. The number of carbonyl (C=O) groups is 2. The zero-order chi connectivity index (χ0) is 23.4. The topological polar surface area (TPSA) is 118 Å². The summed E-state index contributed by atoms with van der Waals surface area (Å²) in [4.78, 5) is 24.5. The van der Waals surface area contributed by atoms with Gasteiger partial charge in [-0.05, 0) is 37.1 Å². The number of rotatable bonds is 10. The molecular formula is C24H26O7S. The van der Waals surface area contributed by atoms with E-state index in [0.717, 1.165) is 0 Å². The molecule has 1 aliphatic carbocycles. The molecule has 2 aromatic rings. The number of carboxylic acids is 1. The van der Waals surface area contributed by atoms with Gasteiger partial charge in [0, 0.05) is 5.41 Å². The number of carbonyl (C=O) groups excluding carboxylic acids is 1. The largest absolute Gasteiger partial charge is 0.486 e. The summed E-state index contributed by atoms with van der Waals surface area (Å²) in [5.74, 6) is -1.32. The Bertz CT molecular complexity index is 1090. The Morgan fingerprint density at radius 2 is 1.69 bits per heavy atom. The highest BCUT2D eigenvalue weighted by Gasteiger charge is 2.45. The summed E-state index contributed by atoms with van der Waals surface area (Å²) in [5.41, 5.74) is -0.707. The highest BCUT2D eigenvalue weighted by atomic mass is 32.2. The van der Waals surface area contributed by atoms with Crippen molar-refractivity contribution in [3.05, 3.63) is 72.3 Å². The van der Waals surface area contributed by atoms with Crippen molar-refractivity contribution in [1.29, 1.82) is 0 Å². The molecule has 0 bridgehead atoms. The molecule has 170 valence electrons. The van der Waals surface area contributed by atoms with Gasteiger partial charge in [-0.3, -0.25) is 9.59 Å².